The Morgan fingerprint density at radius 1 is 1.24 bits per heavy atom. The van der Waals surface area contributed by atoms with Crippen molar-refractivity contribution in [3.8, 4) is 11.5 Å². The van der Waals surface area contributed by atoms with Gasteiger partial charge in [-0.15, -0.1) is 0 Å². The van der Waals surface area contributed by atoms with Crippen LogP contribution in [0.4, 0.5) is 0 Å². The van der Waals surface area contributed by atoms with E-state index < -0.39 is 6.10 Å². The molecule has 1 N–H and O–H groups in total. The Morgan fingerprint density at radius 2 is 2.05 bits per heavy atom. The molecule has 2 aromatic carbocycles. The summed E-state index contributed by atoms with van der Waals surface area (Å²) in [5.41, 5.74) is 1.81. The van der Waals surface area contributed by atoms with Gasteiger partial charge in [-0.2, -0.15) is 0 Å². The highest BCUT2D eigenvalue weighted by molar-refractivity contribution is 9.10. The maximum absolute atomic E-state index is 10.4. The second-order valence-electron chi connectivity index (χ2n) is 5.01. The Morgan fingerprint density at radius 3 is 2.86 bits per heavy atom. The standard InChI is InChI=1S/C17H17BrO3/c1-2-20-15-6-4-3-5-12(15)17-10-14(19)13-9-11(18)7-8-16(13)21-17/h3-9,14,17,19H,2,10H2,1H3. The van der Waals surface area contributed by atoms with Gasteiger partial charge < -0.3 is 14.6 Å². The van der Waals surface area contributed by atoms with Crippen LogP contribution >= 0.6 is 15.9 Å². The summed E-state index contributed by atoms with van der Waals surface area (Å²) in [7, 11) is 0. The van der Waals surface area contributed by atoms with Crippen LogP contribution in [0.25, 0.3) is 0 Å². The van der Waals surface area contributed by atoms with E-state index in [9.17, 15) is 5.11 Å². The zero-order valence-corrected chi connectivity index (χ0v) is 13.3. The van der Waals surface area contributed by atoms with Gasteiger partial charge >= 0.3 is 0 Å². The molecule has 0 saturated heterocycles. The topological polar surface area (TPSA) is 38.7 Å². The molecule has 0 amide bonds. The Balaban J connectivity index is 1.94. The molecule has 0 bridgehead atoms. The van der Waals surface area contributed by atoms with Crippen molar-refractivity contribution in [3.63, 3.8) is 0 Å². The molecule has 2 aromatic rings. The lowest BCUT2D eigenvalue weighted by Gasteiger charge is -2.30. The van der Waals surface area contributed by atoms with Crippen LogP contribution in [0, 0.1) is 0 Å². The summed E-state index contributed by atoms with van der Waals surface area (Å²) in [5.74, 6) is 1.55. The highest BCUT2D eigenvalue weighted by atomic mass is 79.9. The highest BCUT2D eigenvalue weighted by Gasteiger charge is 2.29. The molecule has 3 nitrogen and oxygen atoms in total. The molecule has 0 spiro atoms. The lowest BCUT2D eigenvalue weighted by atomic mass is 9.94. The number of ether oxygens (including phenoxy) is 2. The third-order valence-electron chi connectivity index (χ3n) is 3.60. The van der Waals surface area contributed by atoms with Crippen molar-refractivity contribution in [2.75, 3.05) is 6.61 Å². The molecule has 0 radical (unpaired) electrons. The van der Waals surface area contributed by atoms with Gasteiger partial charge in [0.1, 0.15) is 17.6 Å². The van der Waals surface area contributed by atoms with Crippen LogP contribution in [-0.2, 0) is 0 Å². The number of rotatable bonds is 3. The normalized spacial score (nSPS) is 20.5. The van der Waals surface area contributed by atoms with Crippen LogP contribution in [0.15, 0.2) is 46.9 Å². The molecular formula is C17H17BrO3. The van der Waals surface area contributed by atoms with Crippen molar-refractivity contribution in [3.05, 3.63) is 58.1 Å². The molecule has 21 heavy (non-hydrogen) atoms. The molecule has 0 aromatic heterocycles. The summed E-state index contributed by atoms with van der Waals surface area (Å²) >= 11 is 3.42. The molecule has 2 atom stereocenters. The maximum atomic E-state index is 10.4. The van der Waals surface area contributed by atoms with Gasteiger partial charge in [0, 0.05) is 22.0 Å². The SMILES string of the molecule is CCOc1ccccc1C1CC(O)c2cc(Br)ccc2O1. The van der Waals surface area contributed by atoms with E-state index in [1.54, 1.807) is 0 Å². The van der Waals surface area contributed by atoms with Crippen LogP contribution in [0.5, 0.6) is 11.5 Å². The fourth-order valence-electron chi connectivity index (χ4n) is 2.64. The molecule has 0 fully saturated rings. The smallest absolute Gasteiger partial charge is 0.130 e. The van der Waals surface area contributed by atoms with Gasteiger partial charge in [-0.25, -0.2) is 0 Å². The fourth-order valence-corrected chi connectivity index (χ4v) is 3.02. The Hall–Kier alpha value is -1.52. The molecule has 2 unspecified atom stereocenters. The van der Waals surface area contributed by atoms with Crippen molar-refractivity contribution in [2.24, 2.45) is 0 Å². The first-order valence-electron chi connectivity index (χ1n) is 7.05. The molecule has 1 aliphatic heterocycles. The van der Waals surface area contributed by atoms with E-state index in [0.29, 0.717) is 13.0 Å². The summed E-state index contributed by atoms with van der Waals surface area (Å²) in [6, 6.07) is 13.5. The molecule has 110 valence electrons. The number of hydrogen-bond donors (Lipinski definition) is 1. The number of fused-ring (bicyclic) bond motifs is 1. The second kappa shape index (κ2) is 6.08. The number of halogens is 1. The Bertz CT molecular complexity index is 642. The molecule has 0 saturated carbocycles. The molecule has 1 heterocycles. The van der Waals surface area contributed by atoms with Gasteiger partial charge in [-0.1, -0.05) is 34.1 Å². The first kappa shape index (κ1) is 14.4. The van der Waals surface area contributed by atoms with Gasteiger partial charge in [-0.3, -0.25) is 0 Å². The lowest BCUT2D eigenvalue weighted by molar-refractivity contribution is 0.0642. The second-order valence-corrected chi connectivity index (χ2v) is 5.93. The Labute approximate surface area is 132 Å². The van der Waals surface area contributed by atoms with E-state index in [-0.39, 0.29) is 6.10 Å². The number of aliphatic hydroxyl groups excluding tert-OH is 1. The zero-order valence-electron chi connectivity index (χ0n) is 11.8. The summed E-state index contributed by atoms with van der Waals surface area (Å²) in [5, 5.41) is 10.4. The average molecular weight is 349 g/mol. The summed E-state index contributed by atoms with van der Waals surface area (Å²) in [6.45, 7) is 2.57. The van der Waals surface area contributed by atoms with E-state index >= 15 is 0 Å². The predicted octanol–water partition coefficient (Wildman–Crippen LogP) is 4.41. The van der Waals surface area contributed by atoms with Crippen molar-refractivity contribution < 1.29 is 14.6 Å². The molecule has 4 heteroatoms. The van der Waals surface area contributed by atoms with Gasteiger partial charge in [0.05, 0.1) is 12.7 Å². The van der Waals surface area contributed by atoms with Crippen molar-refractivity contribution in [1.29, 1.82) is 0 Å². The number of benzene rings is 2. The predicted molar refractivity (Wildman–Crippen MR) is 84.7 cm³/mol. The minimum atomic E-state index is -0.536. The highest BCUT2D eigenvalue weighted by Crippen LogP contribution is 2.43. The van der Waals surface area contributed by atoms with Gasteiger partial charge in [0.25, 0.3) is 0 Å². The first-order chi connectivity index (χ1) is 10.2. The van der Waals surface area contributed by atoms with Gasteiger partial charge in [0.2, 0.25) is 0 Å². The van der Waals surface area contributed by atoms with Gasteiger partial charge in [-0.05, 0) is 31.2 Å². The third-order valence-corrected chi connectivity index (χ3v) is 4.10. The number of aliphatic hydroxyl groups is 1. The van der Waals surface area contributed by atoms with E-state index in [2.05, 4.69) is 15.9 Å². The van der Waals surface area contributed by atoms with E-state index in [4.69, 9.17) is 9.47 Å². The minimum absolute atomic E-state index is 0.198. The summed E-state index contributed by atoms with van der Waals surface area (Å²) < 4.78 is 12.7. The van der Waals surface area contributed by atoms with Crippen LogP contribution in [-0.4, -0.2) is 11.7 Å². The summed E-state index contributed by atoms with van der Waals surface area (Å²) in [6.07, 6.45) is -0.213. The maximum Gasteiger partial charge on any atom is 0.130 e. The largest absolute Gasteiger partial charge is 0.493 e. The summed E-state index contributed by atoms with van der Waals surface area (Å²) in [4.78, 5) is 0. The van der Waals surface area contributed by atoms with E-state index in [0.717, 1.165) is 27.1 Å². The minimum Gasteiger partial charge on any atom is -0.493 e. The van der Waals surface area contributed by atoms with Crippen LogP contribution in [0.1, 0.15) is 36.7 Å². The van der Waals surface area contributed by atoms with Crippen molar-refractivity contribution >= 4 is 15.9 Å². The monoisotopic (exact) mass is 348 g/mol. The van der Waals surface area contributed by atoms with E-state index in [1.165, 1.54) is 0 Å². The lowest BCUT2D eigenvalue weighted by Crippen LogP contribution is -2.19. The third kappa shape index (κ3) is 2.92. The first-order valence-corrected chi connectivity index (χ1v) is 7.84. The number of hydrogen-bond acceptors (Lipinski definition) is 3. The average Bonchev–Trinajstić information content (AvgIpc) is 2.49. The zero-order chi connectivity index (χ0) is 14.8. The molecule has 0 aliphatic carbocycles. The molecule has 3 rings (SSSR count). The quantitative estimate of drug-likeness (QED) is 0.892. The van der Waals surface area contributed by atoms with Crippen molar-refractivity contribution in [1.82, 2.24) is 0 Å². The number of para-hydroxylation sites is 1. The van der Waals surface area contributed by atoms with Crippen LogP contribution in [0.2, 0.25) is 0 Å². The Kier molecular flexibility index (Phi) is 4.17. The van der Waals surface area contributed by atoms with Crippen LogP contribution in [0.3, 0.4) is 0 Å². The molecular weight excluding hydrogens is 332 g/mol. The fraction of sp³-hybridized carbons (Fsp3) is 0.294. The van der Waals surface area contributed by atoms with Gasteiger partial charge in [0.15, 0.2) is 0 Å². The van der Waals surface area contributed by atoms with Crippen molar-refractivity contribution in [2.45, 2.75) is 25.6 Å². The van der Waals surface area contributed by atoms with Crippen LogP contribution < -0.4 is 9.47 Å². The molecule has 1 aliphatic rings. The van der Waals surface area contributed by atoms with E-state index in [1.807, 2.05) is 49.4 Å².